The Labute approximate surface area is 140 Å². The van der Waals surface area contributed by atoms with Crippen LogP contribution in [-0.4, -0.2) is 4.98 Å². The molecular weight excluding hydrogens is 366 g/mol. The van der Waals surface area contributed by atoms with Crippen molar-refractivity contribution in [2.45, 2.75) is 12.5 Å². The van der Waals surface area contributed by atoms with E-state index in [0.29, 0.717) is 0 Å². The van der Waals surface area contributed by atoms with Crippen molar-refractivity contribution < 1.29 is 0 Å². The molecule has 0 amide bonds. The molecule has 0 bridgehead atoms. The van der Waals surface area contributed by atoms with Crippen LogP contribution in [0.1, 0.15) is 16.6 Å². The second kappa shape index (κ2) is 6.81. The molecule has 3 aromatic rings. The number of nitrogens with two attached hydrogens (primary N) is 1. The van der Waals surface area contributed by atoms with Crippen molar-refractivity contribution in [1.82, 2.24) is 10.4 Å². The maximum atomic E-state index is 5.70. The van der Waals surface area contributed by atoms with Crippen molar-refractivity contribution in [3.63, 3.8) is 0 Å². The molecular formula is C15H14BrN3S2. The lowest BCUT2D eigenvalue weighted by Crippen LogP contribution is -2.29. The molecule has 0 spiro atoms. The molecule has 3 rings (SSSR count). The molecule has 0 fully saturated rings. The average molecular weight is 380 g/mol. The summed E-state index contributed by atoms with van der Waals surface area (Å²) in [6.07, 6.45) is 0.789. The van der Waals surface area contributed by atoms with Crippen molar-refractivity contribution in [3.05, 3.63) is 61.5 Å². The largest absolute Gasteiger partial charge is 0.271 e. The zero-order valence-electron chi connectivity index (χ0n) is 11.1. The first-order valence-electron chi connectivity index (χ1n) is 6.46. The molecule has 1 atom stereocenters. The van der Waals surface area contributed by atoms with Gasteiger partial charge in [-0.2, -0.15) is 0 Å². The summed E-state index contributed by atoms with van der Waals surface area (Å²) in [7, 11) is 0. The van der Waals surface area contributed by atoms with Crippen molar-refractivity contribution in [3.8, 4) is 11.3 Å². The minimum atomic E-state index is 0.0855. The van der Waals surface area contributed by atoms with E-state index in [4.69, 9.17) is 10.8 Å². The van der Waals surface area contributed by atoms with Gasteiger partial charge in [-0.25, -0.2) is 4.98 Å². The van der Waals surface area contributed by atoms with E-state index in [1.54, 1.807) is 22.7 Å². The Balaban J connectivity index is 1.77. The summed E-state index contributed by atoms with van der Waals surface area (Å²) in [5.41, 5.74) is 6.24. The molecule has 3 nitrogen and oxygen atoms in total. The molecule has 0 radical (unpaired) electrons. The molecule has 1 aromatic carbocycles. The fraction of sp³-hybridized carbons (Fsp3) is 0.133. The molecule has 0 aliphatic heterocycles. The summed E-state index contributed by atoms with van der Waals surface area (Å²) in [5.74, 6) is 5.70. The van der Waals surface area contributed by atoms with Gasteiger partial charge in [0.15, 0.2) is 0 Å². The van der Waals surface area contributed by atoms with Crippen molar-refractivity contribution >= 4 is 38.6 Å². The number of halogens is 1. The first-order chi connectivity index (χ1) is 10.3. The van der Waals surface area contributed by atoms with E-state index in [0.717, 1.165) is 26.5 Å². The van der Waals surface area contributed by atoms with Crippen LogP contribution in [0, 0.1) is 0 Å². The second-order valence-corrected chi connectivity index (χ2v) is 7.83. The topological polar surface area (TPSA) is 50.9 Å². The van der Waals surface area contributed by atoms with E-state index in [-0.39, 0.29) is 6.04 Å². The number of thiophene rings is 1. The van der Waals surface area contributed by atoms with Gasteiger partial charge in [0.2, 0.25) is 0 Å². The summed E-state index contributed by atoms with van der Waals surface area (Å²) in [5, 5.41) is 5.29. The number of nitrogens with zero attached hydrogens (tertiary/aromatic N) is 1. The van der Waals surface area contributed by atoms with E-state index in [2.05, 4.69) is 50.3 Å². The van der Waals surface area contributed by atoms with E-state index < -0.39 is 0 Å². The van der Waals surface area contributed by atoms with E-state index in [9.17, 15) is 0 Å². The third-order valence-electron chi connectivity index (χ3n) is 3.19. The van der Waals surface area contributed by atoms with Crippen LogP contribution in [0.15, 0.2) is 50.9 Å². The Morgan fingerprint density at radius 2 is 2.00 bits per heavy atom. The third kappa shape index (κ3) is 3.59. The Bertz CT molecular complexity index is 709. The zero-order chi connectivity index (χ0) is 14.7. The molecule has 2 heterocycles. The van der Waals surface area contributed by atoms with Crippen LogP contribution in [0.3, 0.4) is 0 Å². The summed E-state index contributed by atoms with van der Waals surface area (Å²) < 4.78 is 1.11. The highest BCUT2D eigenvalue weighted by molar-refractivity contribution is 9.11. The molecule has 108 valence electrons. The number of rotatable bonds is 5. The van der Waals surface area contributed by atoms with Crippen molar-refractivity contribution in [2.75, 3.05) is 0 Å². The summed E-state index contributed by atoms with van der Waals surface area (Å²) in [4.78, 5) is 4.72. The number of hydrogen-bond acceptors (Lipinski definition) is 5. The third-order valence-corrected chi connectivity index (χ3v) is 5.59. The van der Waals surface area contributed by atoms with E-state index in [1.165, 1.54) is 5.56 Å². The first-order valence-corrected chi connectivity index (χ1v) is 9.01. The average Bonchev–Trinajstić information content (AvgIpc) is 3.15. The smallest absolute Gasteiger partial charge is 0.0952 e. The minimum Gasteiger partial charge on any atom is -0.271 e. The lowest BCUT2D eigenvalue weighted by molar-refractivity contribution is 0.552. The quantitative estimate of drug-likeness (QED) is 0.510. The maximum absolute atomic E-state index is 5.70. The molecule has 1 unspecified atom stereocenters. The van der Waals surface area contributed by atoms with Gasteiger partial charge >= 0.3 is 0 Å². The van der Waals surface area contributed by atoms with Gasteiger partial charge in [0.25, 0.3) is 0 Å². The molecule has 0 aliphatic rings. The van der Waals surface area contributed by atoms with Gasteiger partial charge in [0.1, 0.15) is 0 Å². The molecule has 2 aromatic heterocycles. The van der Waals surface area contributed by atoms with Gasteiger partial charge in [0, 0.05) is 17.4 Å². The lowest BCUT2D eigenvalue weighted by atomic mass is 10.1. The molecule has 0 saturated heterocycles. The predicted octanol–water partition coefficient (Wildman–Crippen LogP) is 4.38. The van der Waals surface area contributed by atoms with Gasteiger partial charge < -0.3 is 0 Å². The summed E-state index contributed by atoms with van der Waals surface area (Å²) in [6, 6.07) is 12.4. The van der Waals surface area contributed by atoms with Crippen LogP contribution in [0.5, 0.6) is 0 Å². The Morgan fingerprint density at radius 1 is 1.19 bits per heavy atom. The molecule has 3 N–H and O–H groups in total. The van der Waals surface area contributed by atoms with Crippen molar-refractivity contribution in [1.29, 1.82) is 0 Å². The van der Waals surface area contributed by atoms with E-state index in [1.807, 2.05) is 18.2 Å². The van der Waals surface area contributed by atoms with E-state index >= 15 is 0 Å². The number of hydrazine groups is 1. The standard InChI is InChI=1S/C15H14BrN3S2/c16-14-6-11(8-20-14)12(19-17)7-15-18-13(9-21-15)10-4-2-1-3-5-10/h1-6,8-9,12,19H,7,17H2. The Kier molecular flexibility index (Phi) is 4.82. The van der Waals surface area contributed by atoms with Crippen molar-refractivity contribution in [2.24, 2.45) is 5.84 Å². The zero-order valence-corrected chi connectivity index (χ0v) is 14.3. The number of aromatic nitrogens is 1. The highest BCUT2D eigenvalue weighted by Gasteiger charge is 2.15. The second-order valence-electron chi connectivity index (χ2n) is 4.60. The van der Waals surface area contributed by atoms with Gasteiger partial charge in [-0.3, -0.25) is 11.3 Å². The lowest BCUT2D eigenvalue weighted by Gasteiger charge is -2.12. The summed E-state index contributed by atoms with van der Waals surface area (Å²) >= 11 is 6.83. The summed E-state index contributed by atoms with van der Waals surface area (Å²) in [6.45, 7) is 0. The normalized spacial score (nSPS) is 12.5. The van der Waals surface area contributed by atoms with Crippen LogP contribution in [-0.2, 0) is 6.42 Å². The van der Waals surface area contributed by atoms with Crippen LogP contribution in [0.2, 0.25) is 0 Å². The monoisotopic (exact) mass is 379 g/mol. The SMILES string of the molecule is NNC(Cc1nc(-c2ccccc2)cs1)c1csc(Br)c1. The highest BCUT2D eigenvalue weighted by Crippen LogP contribution is 2.29. The fourth-order valence-electron chi connectivity index (χ4n) is 2.10. The Morgan fingerprint density at radius 3 is 2.67 bits per heavy atom. The Hall–Kier alpha value is -1.05. The molecule has 6 heteroatoms. The number of benzene rings is 1. The van der Waals surface area contributed by atoms with Crippen LogP contribution >= 0.6 is 38.6 Å². The predicted molar refractivity (Wildman–Crippen MR) is 93.3 cm³/mol. The van der Waals surface area contributed by atoms with Crippen LogP contribution in [0.4, 0.5) is 0 Å². The number of thiazole rings is 1. The first kappa shape index (κ1) is 14.9. The molecule has 0 aliphatic carbocycles. The van der Waals surface area contributed by atoms with Crippen LogP contribution < -0.4 is 11.3 Å². The van der Waals surface area contributed by atoms with Gasteiger partial charge in [-0.1, -0.05) is 30.3 Å². The van der Waals surface area contributed by atoms with Crippen LogP contribution in [0.25, 0.3) is 11.3 Å². The fourth-order valence-corrected chi connectivity index (χ4v) is 4.18. The van der Waals surface area contributed by atoms with Gasteiger partial charge in [0.05, 0.1) is 20.5 Å². The molecule has 21 heavy (non-hydrogen) atoms. The highest BCUT2D eigenvalue weighted by atomic mass is 79.9. The number of hydrogen-bond donors (Lipinski definition) is 2. The van der Waals surface area contributed by atoms with Gasteiger partial charge in [-0.05, 0) is 32.9 Å². The number of nitrogens with one attached hydrogen (secondary N) is 1. The van der Waals surface area contributed by atoms with Gasteiger partial charge in [-0.15, -0.1) is 22.7 Å². The molecule has 0 saturated carbocycles. The minimum absolute atomic E-state index is 0.0855. The maximum Gasteiger partial charge on any atom is 0.0952 e.